The fourth-order valence-corrected chi connectivity index (χ4v) is 2.53. The summed E-state index contributed by atoms with van der Waals surface area (Å²) < 4.78 is 5.39. The molecule has 0 radical (unpaired) electrons. The van der Waals surface area contributed by atoms with Crippen LogP contribution in [0, 0.1) is 13.8 Å². The van der Waals surface area contributed by atoms with Crippen LogP contribution in [0.25, 0.3) is 0 Å². The number of likely N-dealkylation sites (N-methyl/N-ethyl adjacent to an activating group) is 1. The molecule has 0 spiro atoms. The molecule has 0 aliphatic heterocycles. The number of hydrogen-bond donors (Lipinski definition) is 1. The van der Waals surface area contributed by atoms with Gasteiger partial charge in [0.2, 0.25) is 5.91 Å². The summed E-state index contributed by atoms with van der Waals surface area (Å²) >= 11 is 0. The summed E-state index contributed by atoms with van der Waals surface area (Å²) in [5, 5.41) is 2.76. The van der Waals surface area contributed by atoms with Crippen LogP contribution in [0.3, 0.4) is 0 Å². The van der Waals surface area contributed by atoms with Crippen molar-refractivity contribution in [1.82, 2.24) is 4.90 Å². The van der Waals surface area contributed by atoms with E-state index in [0.717, 1.165) is 11.1 Å². The van der Waals surface area contributed by atoms with Gasteiger partial charge in [-0.25, -0.2) is 0 Å². The van der Waals surface area contributed by atoms with Gasteiger partial charge in [0.05, 0.1) is 0 Å². The van der Waals surface area contributed by atoms with Gasteiger partial charge in [0.25, 0.3) is 5.91 Å². The highest BCUT2D eigenvalue weighted by Crippen LogP contribution is 2.17. The van der Waals surface area contributed by atoms with Crippen molar-refractivity contribution >= 4 is 23.3 Å². The predicted octanol–water partition coefficient (Wildman–Crippen LogP) is 3.37. The average molecular weight is 382 g/mol. The SMILES string of the molecule is Cc1ccc(C)c(C(=O)CCC(=O)Nc2ccc(OCC(=O)N(C)C)cc2)c1. The van der Waals surface area contributed by atoms with Crippen LogP contribution in [0.5, 0.6) is 5.75 Å². The summed E-state index contributed by atoms with van der Waals surface area (Å²) in [4.78, 5) is 37.5. The Morgan fingerprint density at radius 3 is 2.29 bits per heavy atom. The zero-order valence-corrected chi connectivity index (χ0v) is 16.7. The summed E-state index contributed by atoms with van der Waals surface area (Å²) in [6.45, 7) is 3.79. The van der Waals surface area contributed by atoms with E-state index < -0.39 is 0 Å². The molecule has 0 aliphatic carbocycles. The molecule has 0 saturated carbocycles. The number of rotatable bonds is 8. The fraction of sp³-hybridized carbons (Fsp3) is 0.318. The first-order chi connectivity index (χ1) is 13.3. The lowest BCUT2D eigenvalue weighted by Gasteiger charge is -2.12. The third-order valence-electron chi connectivity index (χ3n) is 4.27. The van der Waals surface area contributed by atoms with E-state index in [9.17, 15) is 14.4 Å². The van der Waals surface area contributed by atoms with Gasteiger partial charge in [-0.3, -0.25) is 14.4 Å². The topological polar surface area (TPSA) is 75.7 Å². The van der Waals surface area contributed by atoms with Gasteiger partial charge in [-0.15, -0.1) is 0 Å². The summed E-state index contributed by atoms with van der Waals surface area (Å²) in [6, 6.07) is 12.5. The van der Waals surface area contributed by atoms with Crippen LogP contribution in [-0.4, -0.2) is 43.2 Å². The van der Waals surface area contributed by atoms with Gasteiger partial charge < -0.3 is 15.0 Å². The zero-order chi connectivity index (χ0) is 20.7. The van der Waals surface area contributed by atoms with Crippen molar-refractivity contribution in [2.24, 2.45) is 0 Å². The molecule has 0 saturated heterocycles. The molecule has 0 aliphatic rings. The second-order valence-corrected chi connectivity index (χ2v) is 6.89. The minimum absolute atomic E-state index is 0.0364. The summed E-state index contributed by atoms with van der Waals surface area (Å²) in [5.74, 6) is 0.143. The number of anilines is 1. The number of amides is 2. The molecule has 6 heteroatoms. The van der Waals surface area contributed by atoms with E-state index in [4.69, 9.17) is 4.74 Å². The highest BCUT2D eigenvalue weighted by atomic mass is 16.5. The highest BCUT2D eigenvalue weighted by molar-refractivity contribution is 6.01. The van der Waals surface area contributed by atoms with E-state index >= 15 is 0 Å². The molecule has 0 unspecified atom stereocenters. The Morgan fingerprint density at radius 1 is 0.964 bits per heavy atom. The number of nitrogens with zero attached hydrogens (tertiary/aromatic N) is 1. The van der Waals surface area contributed by atoms with Crippen LogP contribution in [0.4, 0.5) is 5.69 Å². The number of benzene rings is 2. The lowest BCUT2D eigenvalue weighted by Crippen LogP contribution is -2.27. The molecule has 2 aromatic carbocycles. The van der Waals surface area contributed by atoms with Crippen molar-refractivity contribution in [1.29, 1.82) is 0 Å². The molecule has 0 bridgehead atoms. The van der Waals surface area contributed by atoms with Gasteiger partial charge in [-0.1, -0.05) is 17.7 Å². The second kappa shape index (κ2) is 9.69. The van der Waals surface area contributed by atoms with E-state index in [1.807, 2.05) is 32.0 Å². The van der Waals surface area contributed by atoms with Crippen molar-refractivity contribution in [3.8, 4) is 5.75 Å². The Balaban J connectivity index is 1.83. The molecular formula is C22H26N2O4. The van der Waals surface area contributed by atoms with E-state index in [2.05, 4.69) is 5.32 Å². The number of nitrogens with one attached hydrogen (secondary N) is 1. The molecule has 0 atom stereocenters. The maximum absolute atomic E-state index is 12.4. The van der Waals surface area contributed by atoms with Gasteiger partial charge in [0.15, 0.2) is 12.4 Å². The number of carbonyl (C=O) groups excluding carboxylic acids is 3. The Morgan fingerprint density at radius 2 is 1.64 bits per heavy atom. The van der Waals surface area contributed by atoms with E-state index in [-0.39, 0.29) is 37.0 Å². The van der Waals surface area contributed by atoms with Crippen LogP contribution in [0.15, 0.2) is 42.5 Å². The third kappa shape index (κ3) is 6.23. The van der Waals surface area contributed by atoms with Crippen LogP contribution < -0.4 is 10.1 Å². The predicted molar refractivity (Wildman–Crippen MR) is 109 cm³/mol. The van der Waals surface area contributed by atoms with Crippen molar-refractivity contribution in [2.45, 2.75) is 26.7 Å². The Hall–Kier alpha value is -3.15. The number of Topliss-reactive ketones (excluding diaryl/α,β-unsaturated/α-hetero) is 1. The monoisotopic (exact) mass is 382 g/mol. The van der Waals surface area contributed by atoms with Crippen LogP contribution in [0.2, 0.25) is 0 Å². The molecule has 6 nitrogen and oxygen atoms in total. The summed E-state index contributed by atoms with van der Waals surface area (Å²) in [7, 11) is 3.32. The Kier molecular flexibility index (Phi) is 7.32. The molecule has 2 amide bonds. The van der Waals surface area contributed by atoms with Crippen molar-refractivity contribution < 1.29 is 19.1 Å². The number of aryl methyl sites for hydroxylation is 2. The third-order valence-corrected chi connectivity index (χ3v) is 4.27. The minimum atomic E-state index is -0.227. The molecular weight excluding hydrogens is 356 g/mol. The molecule has 28 heavy (non-hydrogen) atoms. The quantitative estimate of drug-likeness (QED) is 0.710. The standard InChI is InChI=1S/C22H26N2O4/c1-15-5-6-16(2)19(13-15)20(25)11-12-21(26)23-17-7-9-18(10-8-17)28-14-22(27)24(3)4/h5-10,13H,11-12,14H2,1-4H3,(H,23,26). The molecule has 0 fully saturated rings. The second-order valence-electron chi connectivity index (χ2n) is 6.89. The zero-order valence-electron chi connectivity index (χ0n) is 16.7. The largest absolute Gasteiger partial charge is 0.484 e. The van der Waals surface area contributed by atoms with Crippen molar-refractivity contribution in [2.75, 3.05) is 26.0 Å². The maximum atomic E-state index is 12.4. The average Bonchev–Trinajstić information content (AvgIpc) is 2.67. The van der Waals surface area contributed by atoms with Crippen molar-refractivity contribution in [3.63, 3.8) is 0 Å². The molecule has 1 N–H and O–H groups in total. The molecule has 2 aromatic rings. The van der Waals surface area contributed by atoms with Gasteiger partial charge >= 0.3 is 0 Å². The maximum Gasteiger partial charge on any atom is 0.259 e. The Bertz CT molecular complexity index is 857. The first kappa shape index (κ1) is 21.2. The minimum Gasteiger partial charge on any atom is -0.484 e. The molecule has 148 valence electrons. The van der Waals surface area contributed by atoms with Crippen LogP contribution in [0.1, 0.15) is 34.3 Å². The number of ketones is 1. The summed E-state index contributed by atoms with van der Waals surface area (Å²) in [6.07, 6.45) is 0.270. The molecule has 2 rings (SSSR count). The van der Waals surface area contributed by atoms with Gasteiger partial charge in [-0.05, 0) is 49.7 Å². The first-order valence-corrected chi connectivity index (χ1v) is 9.09. The number of hydrogen-bond acceptors (Lipinski definition) is 4. The van der Waals surface area contributed by atoms with E-state index in [1.165, 1.54) is 4.90 Å². The van der Waals surface area contributed by atoms with Gasteiger partial charge in [-0.2, -0.15) is 0 Å². The first-order valence-electron chi connectivity index (χ1n) is 9.09. The van der Waals surface area contributed by atoms with Crippen LogP contribution in [-0.2, 0) is 9.59 Å². The fourth-order valence-electron chi connectivity index (χ4n) is 2.53. The van der Waals surface area contributed by atoms with Gasteiger partial charge in [0.1, 0.15) is 5.75 Å². The molecule has 0 heterocycles. The van der Waals surface area contributed by atoms with Crippen LogP contribution >= 0.6 is 0 Å². The normalized spacial score (nSPS) is 10.3. The lowest BCUT2D eigenvalue weighted by atomic mass is 9.99. The van der Waals surface area contributed by atoms with E-state index in [0.29, 0.717) is 17.0 Å². The van der Waals surface area contributed by atoms with Gasteiger partial charge in [0, 0.05) is 38.2 Å². The molecule has 0 aromatic heterocycles. The number of carbonyl (C=O) groups is 3. The van der Waals surface area contributed by atoms with E-state index in [1.54, 1.807) is 38.4 Å². The smallest absolute Gasteiger partial charge is 0.259 e. The Labute approximate surface area is 165 Å². The highest BCUT2D eigenvalue weighted by Gasteiger charge is 2.12. The van der Waals surface area contributed by atoms with Crippen molar-refractivity contribution in [3.05, 3.63) is 59.2 Å². The number of ether oxygens (including phenoxy) is 1. The lowest BCUT2D eigenvalue weighted by molar-refractivity contribution is -0.130. The summed E-state index contributed by atoms with van der Waals surface area (Å²) in [5.41, 5.74) is 3.21.